The molecule has 0 radical (unpaired) electrons. The normalized spacial score (nSPS) is 10.5. The summed E-state index contributed by atoms with van der Waals surface area (Å²) < 4.78 is 0. The van der Waals surface area contributed by atoms with Crippen molar-refractivity contribution >= 4 is 40.5 Å². The van der Waals surface area contributed by atoms with Crippen LogP contribution in [0.1, 0.15) is 11.4 Å². The molecule has 0 fully saturated rings. The van der Waals surface area contributed by atoms with Crippen molar-refractivity contribution < 1.29 is 0 Å². The highest BCUT2D eigenvalue weighted by Crippen LogP contribution is 2.21. The molecule has 0 saturated carbocycles. The highest BCUT2D eigenvalue weighted by atomic mass is 35.5. The van der Waals surface area contributed by atoms with Crippen molar-refractivity contribution in [1.29, 1.82) is 0 Å². The molecule has 0 saturated heterocycles. The lowest BCUT2D eigenvalue weighted by Gasteiger charge is -2.11. The lowest BCUT2D eigenvalue weighted by atomic mass is 10.2. The first-order chi connectivity index (χ1) is 11.6. The number of hydrogen-bond donors (Lipinski definition) is 2. The molecule has 122 valence electrons. The maximum absolute atomic E-state index is 6.18. The summed E-state index contributed by atoms with van der Waals surface area (Å²) in [7, 11) is 0. The lowest BCUT2D eigenvalue weighted by molar-refractivity contribution is 1.03. The zero-order chi connectivity index (χ0) is 16.9. The molecule has 0 aliphatic rings. The molecule has 1 heterocycles. The largest absolute Gasteiger partial charge is 0.366 e. The van der Waals surface area contributed by atoms with Gasteiger partial charge in [0.05, 0.1) is 0 Å². The molecule has 1 aromatic heterocycles. The van der Waals surface area contributed by atoms with Gasteiger partial charge in [-0.15, -0.1) is 0 Å². The Morgan fingerprint density at radius 1 is 0.917 bits per heavy atom. The van der Waals surface area contributed by atoms with Gasteiger partial charge in [-0.3, -0.25) is 0 Å². The van der Waals surface area contributed by atoms with Gasteiger partial charge in [-0.1, -0.05) is 47.5 Å². The fourth-order valence-corrected chi connectivity index (χ4v) is 2.66. The molecule has 3 aromatic rings. The van der Waals surface area contributed by atoms with Crippen molar-refractivity contribution in [1.82, 2.24) is 9.97 Å². The van der Waals surface area contributed by atoms with Gasteiger partial charge >= 0.3 is 0 Å². The second kappa shape index (κ2) is 7.51. The Bertz CT molecular complexity index is 852. The van der Waals surface area contributed by atoms with Crippen LogP contribution in [0.4, 0.5) is 17.3 Å². The molecule has 2 N–H and O–H groups in total. The van der Waals surface area contributed by atoms with Gasteiger partial charge in [0.2, 0.25) is 0 Å². The fraction of sp³-hybridized carbons (Fsp3) is 0.111. The first kappa shape index (κ1) is 16.6. The molecule has 3 rings (SSSR count). The third-order valence-corrected chi connectivity index (χ3v) is 3.96. The van der Waals surface area contributed by atoms with Crippen LogP contribution in [0.25, 0.3) is 0 Å². The standard InChI is InChI=1S/C18H16Cl2N4/c1-12-22-17(21-11-13-5-2-3-8-16(13)20)10-18(23-12)24-15-7-4-6-14(19)9-15/h2-10H,11H2,1H3,(H2,21,22,23,24). The van der Waals surface area contributed by atoms with Gasteiger partial charge in [-0.2, -0.15) is 0 Å². The van der Waals surface area contributed by atoms with Crippen LogP contribution in [0.5, 0.6) is 0 Å². The second-order valence-corrected chi connectivity index (χ2v) is 6.11. The van der Waals surface area contributed by atoms with Gasteiger partial charge in [0, 0.05) is 28.3 Å². The minimum Gasteiger partial charge on any atom is -0.366 e. The first-order valence-electron chi connectivity index (χ1n) is 7.46. The van der Waals surface area contributed by atoms with Gasteiger partial charge in [-0.25, -0.2) is 9.97 Å². The van der Waals surface area contributed by atoms with Crippen molar-refractivity contribution in [3.63, 3.8) is 0 Å². The molecule has 6 heteroatoms. The van der Waals surface area contributed by atoms with Crippen LogP contribution in [-0.4, -0.2) is 9.97 Å². The predicted octanol–water partition coefficient (Wildman–Crippen LogP) is 5.45. The number of nitrogens with zero attached hydrogens (tertiary/aromatic N) is 2. The summed E-state index contributed by atoms with van der Waals surface area (Å²) in [6.07, 6.45) is 0. The summed E-state index contributed by atoms with van der Waals surface area (Å²) in [6.45, 7) is 2.44. The maximum Gasteiger partial charge on any atom is 0.136 e. The zero-order valence-electron chi connectivity index (χ0n) is 13.1. The molecule has 0 atom stereocenters. The van der Waals surface area contributed by atoms with Crippen molar-refractivity contribution in [2.45, 2.75) is 13.5 Å². The van der Waals surface area contributed by atoms with Crippen LogP contribution in [0.2, 0.25) is 10.0 Å². The molecule has 0 amide bonds. The van der Waals surface area contributed by atoms with E-state index >= 15 is 0 Å². The summed E-state index contributed by atoms with van der Waals surface area (Å²) in [5.41, 5.74) is 1.89. The molecule has 4 nitrogen and oxygen atoms in total. The van der Waals surface area contributed by atoms with Crippen molar-refractivity contribution in [3.05, 3.63) is 76.0 Å². The fourth-order valence-electron chi connectivity index (χ4n) is 2.26. The van der Waals surface area contributed by atoms with Crippen LogP contribution >= 0.6 is 23.2 Å². The molecule has 0 aliphatic carbocycles. The summed E-state index contributed by atoms with van der Waals surface area (Å²) in [5.74, 6) is 2.10. The third kappa shape index (κ3) is 4.37. The van der Waals surface area contributed by atoms with Crippen molar-refractivity contribution in [2.75, 3.05) is 10.6 Å². The lowest BCUT2D eigenvalue weighted by Crippen LogP contribution is -2.05. The Morgan fingerprint density at radius 3 is 2.50 bits per heavy atom. The Balaban J connectivity index is 1.75. The topological polar surface area (TPSA) is 49.8 Å². The third-order valence-electron chi connectivity index (χ3n) is 3.35. The molecule has 0 bridgehead atoms. The number of hydrogen-bond acceptors (Lipinski definition) is 4. The molecule has 0 aliphatic heterocycles. The molecular weight excluding hydrogens is 343 g/mol. The van der Waals surface area contributed by atoms with Crippen LogP contribution < -0.4 is 10.6 Å². The number of nitrogens with one attached hydrogen (secondary N) is 2. The van der Waals surface area contributed by atoms with Gasteiger partial charge < -0.3 is 10.6 Å². The second-order valence-electron chi connectivity index (χ2n) is 5.27. The molecule has 0 unspecified atom stereocenters. The van der Waals surface area contributed by atoms with E-state index in [0.29, 0.717) is 23.2 Å². The van der Waals surface area contributed by atoms with Crippen molar-refractivity contribution in [2.24, 2.45) is 0 Å². The number of anilines is 3. The molecule has 0 spiro atoms. The van der Waals surface area contributed by atoms with E-state index in [9.17, 15) is 0 Å². The van der Waals surface area contributed by atoms with Crippen LogP contribution in [0.15, 0.2) is 54.6 Å². The van der Waals surface area contributed by atoms with E-state index in [-0.39, 0.29) is 0 Å². The monoisotopic (exact) mass is 358 g/mol. The summed E-state index contributed by atoms with van der Waals surface area (Å²) in [4.78, 5) is 8.81. The maximum atomic E-state index is 6.18. The number of halogens is 2. The number of aryl methyl sites for hydroxylation is 1. The minimum absolute atomic E-state index is 0.590. The quantitative estimate of drug-likeness (QED) is 0.636. The Kier molecular flexibility index (Phi) is 5.18. The van der Waals surface area contributed by atoms with Crippen molar-refractivity contribution in [3.8, 4) is 0 Å². The van der Waals surface area contributed by atoms with Gasteiger partial charge in [0.15, 0.2) is 0 Å². The molecule has 24 heavy (non-hydrogen) atoms. The van der Waals surface area contributed by atoms with E-state index in [1.165, 1.54) is 0 Å². The van der Waals surface area contributed by atoms with E-state index in [1.54, 1.807) is 0 Å². The van der Waals surface area contributed by atoms with Gasteiger partial charge in [0.1, 0.15) is 17.5 Å². The predicted molar refractivity (Wildman–Crippen MR) is 100 cm³/mol. The van der Waals surface area contributed by atoms with Gasteiger partial charge in [0.25, 0.3) is 0 Å². The van der Waals surface area contributed by atoms with Crippen LogP contribution in [0, 0.1) is 6.92 Å². The van der Waals surface area contributed by atoms with Crippen LogP contribution in [-0.2, 0) is 6.54 Å². The van der Waals surface area contributed by atoms with Crippen LogP contribution in [0.3, 0.4) is 0 Å². The average molecular weight is 359 g/mol. The van der Waals surface area contributed by atoms with E-state index in [0.717, 1.165) is 22.1 Å². The van der Waals surface area contributed by atoms with E-state index in [1.807, 2.05) is 61.5 Å². The summed E-state index contributed by atoms with van der Waals surface area (Å²) >= 11 is 12.2. The minimum atomic E-state index is 0.590. The smallest absolute Gasteiger partial charge is 0.136 e. The van der Waals surface area contributed by atoms with Gasteiger partial charge in [-0.05, 0) is 36.8 Å². The Hall–Kier alpha value is -2.30. The first-order valence-corrected chi connectivity index (χ1v) is 8.21. The highest BCUT2D eigenvalue weighted by Gasteiger charge is 2.04. The van der Waals surface area contributed by atoms with E-state index < -0.39 is 0 Å². The Labute approximate surface area is 150 Å². The Morgan fingerprint density at radius 2 is 1.71 bits per heavy atom. The average Bonchev–Trinajstić information content (AvgIpc) is 2.53. The number of benzene rings is 2. The molecular formula is C18H16Cl2N4. The van der Waals surface area contributed by atoms with E-state index in [2.05, 4.69) is 20.6 Å². The van der Waals surface area contributed by atoms with E-state index in [4.69, 9.17) is 23.2 Å². The zero-order valence-corrected chi connectivity index (χ0v) is 14.6. The highest BCUT2D eigenvalue weighted by molar-refractivity contribution is 6.31. The number of aromatic nitrogens is 2. The summed E-state index contributed by atoms with van der Waals surface area (Å²) in [6, 6.07) is 17.1. The summed E-state index contributed by atoms with van der Waals surface area (Å²) in [5, 5.41) is 7.91. The SMILES string of the molecule is Cc1nc(NCc2ccccc2Cl)cc(Nc2cccc(Cl)c2)n1. The number of rotatable bonds is 5. The molecule has 2 aromatic carbocycles.